The second kappa shape index (κ2) is 18.5. The van der Waals surface area contributed by atoms with Gasteiger partial charge in [0.05, 0.1) is 31.6 Å². The standard InChI is InChI=1S/C32H38N12O6/c1-20-13-21(2)27(22(3)14-20)38-32-39-30(36-7-5-11-48-4)28(31(40-32)37-8-6-12-50-26(47)19-49-18-25(45)46)41-42-29-23(15-33)17-44(43-29)24-16-34-9-10-35-24/h9-10,13-14,16-17H,5-8,11-12,18-19H2,1-4H3,(H,45,46)(H3,36,37,38,39,40)/p-1. The highest BCUT2D eigenvalue weighted by Crippen LogP contribution is 2.35. The van der Waals surface area contributed by atoms with Crippen molar-refractivity contribution in [1.29, 1.82) is 5.26 Å². The van der Waals surface area contributed by atoms with Crippen molar-refractivity contribution in [1.82, 2.24) is 29.7 Å². The molecule has 18 nitrogen and oxygen atoms in total. The first-order valence-corrected chi connectivity index (χ1v) is 15.5. The number of ether oxygens (including phenoxy) is 3. The monoisotopic (exact) mass is 685 g/mol. The van der Waals surface area contributed by atoms with E-state index >= 15 is 0 Å². The number of nitriles is 1. The summed E-state index contributed by atoms with van der Waals surface area (Å²) in [7, 11) is 1.62. The number of carboxylic acids is 1. The van der Waals surface area contributed by atoms with Gasteiger partial charge in [-0.2, -0.15) is 15.2 Å². The Morgan fingerprint density at radius 2 is 1.70 bits per heavy atom. The zero-order valence-corrected chi connectivity index (χ0v) is 28.1. The van der Waals surface area contributed by atoms with Gasteiger partial charge in [0.2, 0.25) is 11.8 Å². The molecule has 0 atom stereocenters. The van der Waals surface area contributed by atoms with Crippen LogP contribution in [0.2, 0.25) is 0 Å². The number of carboxylic acid groups (broad SMARTS) is 1. The largest absolute Gasteiger partial charge is 0.548 e. The molecular formula is C32H37N12O6-. The van der Waals surface area contributed by atoms with E-state index in [2.05, 4.69) is 59.4 Å². The fraction of sp³-hybridized carbons (Fsp3) is 0.375. The Morgan fingerprint density at radius 1 is 1.00 bits per heavy atom. The number of hydrogen-bond acceptors (Lipinski definition) is 17. The van der Waals surface area contributed by atoms with E-state index in [1.165, 1.54) is 29.5 Å². The number of nitrogens with one attached hydrogen (secondary N) is 3. The molecule has 18 heteroatoms. The Kier molecular flexibility index (Phi) is 13.6. The van der Waals surface area contributed by atoms with Crippen molar-refractivity contribution in [2.24, 2.45) is 10.2 Å². The van der Waals surface area contributed by atoms with Crippen molar-refractivity contribution in [2.75, 3.05) is 62.6 Å². The van der Waals surface area contributed by atoms with Gasteiger partial charge in [0, 0.05) is 44.9 Å². The fourth-order valence-corrected chi connectivity index (χ4v) is 4.63. The minimum atomic E-state index is -1.43. The molecule has 50 heavy (non-hydrogen) atoms. The number of hydrogen-bond donors (Lipinski definition) is 3. The molecule has 3 heterocycles. The molecule has 0 radical (unpaired) electrons. The van der Waals surface area contributed by atoms with E-state index in [0.717, 1.165) is 22.4 Å². The quantitative estimate of drug-likeness (QED) is 0.0730. The summed E-state index contributed by atoms with van der Waals surface area (Å²) in [5, 5.41) is 43.3. The zero-order valence-electron chi connectivity index (χ0n) is 28.1. The number of anilines is 4. The van der Waals surface area contributed by atoms with E-state index in [0.29, 0.717) is 43.4 Å². The van der Waals surface area contributed by atoms with Crippen molar-refractivity contribution in [2.45, 2.75) is 33.6 Å². The minimum absolute atomic E-state index is 0.0166. The van der Waals surface area contributed by atoms with Gasteiger partial charge in [-0.3, -0.25) is 4.98 Å². The lowest BCUT2D eigenvalue weighted by Gasteiger charge is -2.17. The van der Waals surface area contributed by atoms with Gasteiger partial charge >= 0.3 is 5.97 Å². The van der Waals surface area contributed by atoms with Crippen molar-refractivity contribution < 1.29 is 28.9 Å². The topological polar surface area (TPSA) is 239 Å². The van der Waals surface area contributed by atoms with Gasteiger partial charge in [0.15, 0.2) is 23.1 Å². The molecule has 0 aliphatic heterocycles. The van der Waals surface area contributed by atoms with Crippen LogP contribution in [0, 0.1) is 32.1 Å². The number of aliphatic carboxylic acids is 1. The average Bonchev–Trinajstić information content (AvgIpc) is 3.51. The molecule has 3 N–H and O–H groups in total. The van der Waals surface area contributed by atoms with Crippen molar-refractivity contribution in [3.05, 3.63) is 59.2 Å². The second-order valence-electron chi connectivity index (χ2n) is 10.8. The Morgan fingerprint density at radius 3 is 2.32 bits per heavy atom. The van der Waals surface area contributed by atoms with E-state index < -0.39 is 25.2 Å². The van der Waals surface area contributed by atoms with Crippen LogP contribution in [0.5, 0.6) is 0 Å². The molecule has 0 saturated carbocycles. The highest BCUT2D eigenvalue weighted by atomic mass is 16.6. The third kappa shape index (κ3) is 10.7. The van der Waals surface area contributed by atoms with E-state index in [4.69, 9.17) is 24.2 Å². The van der Waals surface area contributed by atoms with Crippen molar-refractivity contribution in [3.63, 3.8) is 0 Å². The molecule has 262 valence electrons. The molecule has 1 aromatic carbocycles. The molecule has 0 fully saturated rings. The predicted octanol–water partition coefficient (Wildman–Crippen LogP) is 2.97. The lowest BCUT2D eigenvalue weighted by atomic mass is 10.1. The van der Waals surface area contributed by atoms with Gasteiger partial charge in [0.1, 0.15) is 18.2 Å². The number of carbonyl (C=O) groups excluding carboxylic acids is 2. The Bertz CT molecular complexity index is 1820. The molecule has 4 aromatic rings. The Balaban J connectivity index is 1.66. The summed E-state index contributed by atoms with van der Waals surface area (Å²) in [6.45, 7) is 6.07. The lowest BCUT2D eigenvalue weighted by molar-refractivity contribution is -0.309. The summed E-state index contributed by atoms with van der Waals surface area (Å²) in [6.07, 6.45) is 7.01. The Hall–Kier alpha value is -6.06. The average molecular weight is 686 g/mol. The predicted molar refractivity (Wildman–Crippen MR) is 179 cm³/mol. The first kappa shape index (κ1) is 36.8. The van der Waals surface area contributed by atoms with E-state index in [9.17, 15) is 20.0 Å². The molecule has 0 unspecified atom stereocenters. The highest BCUT2D eigenvalue weighted by Gasteiger charge is 2.18. The maximum Gasteiger partial charge on any atom is 0.332 e. The SMILES string of the molecule is COCCCNc1nc(Nc2c(C)cc(C)cc2C)nc(NCCCOC(=O)COCC(=O)[O-])c1N=Nc1nn(-c2cnccn2)cc1C#N. The van der Waals surface area contributed by atoms with Gasteiger partial charge < -0.3 is 40.1 Å². The smallest absolute Gasteiger partial charge is 0.332 e. The molecule has 0 aliphatic carbocycles. The number of aryl methyl sites for hydroxylation is 3. The molecule has 4 rings (SSSR count). The van der Waals surface area contributed by atoms with Crippen LogP contribution in [0.15, 0.2) is 47.1 Å². The van der Waals surface area contributed by atoms with Crippen LogP contribution in [0.3, 0.4) is 0 Å². The number of carbonyl (C=O) groups is 2. The molecule has 3 aromatic heterocycles. The third-order valence-corrected chi connectivity index (χ3v) is 6.78. The van der Waals surface area contributed by atoms with Gasteiger partial charge in [-0.1, -0.05) is 17.7 Å². The fourth-order valence-electron chi connectivity index (χ4n) is 4.63. The molecule has 0 aliphatic rings. The summed E-state index contributed by atoms with van der Waals surface area (Å²) in [4.78, 5) is 40.1. The number of esters is 1. The van der Waals surface area contributed by atoms with Crippen LogP contribution < -0.4 is 21.1 Å². The third-order valence-electron chi connectivity index (χ3n) is 6.78. The van der Waals surface area contributed by atoms with Gasteiger partial charge in [-0.25, -0.2) is 14.5 Å². The minimum Gasteiger partial charge on any atom is -0.548 e. The van der Waals surface area contributed by atoms with Crippen LogP contribution in [0.25, 0.3) is 5.82 Å². The number of methoxy groups -OCH3 is 1. The number of nitrogens with zero attached hydrogens (tertiary/aromatic N) is 9. The van der Waals surface area contributed by atoms with Crippen LogP contribution in [0.1, 0.15) is 35.1 Å². The van der Waals surface area contributed by atoms with Gasteiger partial charge in [-0.05, 0) is 44.7 Å². The first-order chi connectivity index (χ1) is 24.2. The normalized spacial score (nSPS) is 10.9. The summed E-state index contributed by atoms with van der Waals surface area (Å²) < 4.78 is 16.4. The van der Waals surface area contributed by atoms with Crippen LogP contribution in [-0.4, -0.2) is 88.3 Å². The molecule has 0 spiro atoms. The summed E-state index contributed by atoms with van der Waals surface area (Å²) >= 11 is 0. The number of azo groups is 1. The van der Waals surface area contributed by atoms with Crippen LogP contribution in [0.4, 0.5) is 34.8 Å². The highest BCUT2D eigenvalue weighted by molar-refractivity contribution is 5.77. The number of aromatic nitrogens is 6. The zero-order chi connectivity index (χ0) is 35.9. The molecule has 0 amide bonds. The van der Waals surface area contributed by atoms with Crippen molar-refractivity contribution in [3.8, 4) is 11.9 Å². The first-order valence-electron chi connectivity index (χ1n) is 15.5. The van der Waals surface area contributed by atoms with Gasteiger partial charge in [0.25, 0.3) is 0 Å². The van der Waals surface area contributed by atoms with Crippen LogP contribution >= 0.6 is 0 Å². The maximum atomic E-state index is 11.9. The van der Waals surface area contributed by atoms with Crippen molar-refractivity contribution >= 4 is 46.7 Å². The summed E-state index contributed by atoms with van der Waals surface area (Å²) in [5.74, 6) is -0.812. The summed E-state index contributed by atoms with van der Waals surface area (Å²) in [5.41, 5.74) is 4.37. The lowest BCUT2D eigenvalue weighted by Crippen LogP contribution is -2.29. The number of benzene rings is 1. The Labute approximate surface area is 288 Å². The number of rotatable bonds is 19. The van der Waals surface area contributed by atoms with E-state index in [1.807, 2.05) is 20.8 Å². The van der Waals surface area contributed by atoms with Crippen LogP contribution in [-0.2, 0) is 23.8 Å². The second-order valence-corrected chi connectivity index (χ2v) is 10.8. The molecule has 0 bridgehead atoms. The van der Waals surface area contributed by atoms with E-state index in [1.54, 1.807) is 7.11 Å². The van der Waals surface area contributed by atoms with E-state index in [-0.39, 0.29) is 36.2 Å². The summed E-state index contributed by atoms with van der Waals surface area (Å²) in [6, 6.07) is 6.18. The van der Waals surface area contributed by atoms with Gasteiger partial charge in [-0.15, -0.1) is 15.3 Å². The maximum absolute atomic E-state index is 11.9. The molecular weight excluding hydrogens is 648 g/mol. The molecule has 0 saturated heterocycles.